The molecule has 6 nitrogen and oxygen atoms in total. The van der Waals surface area contributed by atoms with Crippen LogP contribution >= 0.6 is 0 Å². The van der Waals surface area contributed by atoms with Crippen molar-refractivity contribution in [2.24, 2.45) is 0 Å². The average Bonchev–Trinajstić information content (AvgIpc) is 2.85. The van der Waals surface area contributed by atoms with Gasteiger partial charge in [0.15, 0.2) is 0 Å². The zero-order valence-electron chi connectivity index (χ0n) is 12.9. The minimum Gasteiger partial charge on any atom is -0.475 e. The van der Waals surface area contributed by atoms with Crippen molar-refractivity contribution in [3.8, 4) is 17.1 Å². The molecule has 0 amide bonds. The number of hydrogen-bond acceptors (Lipinski definition) is 5. The van der Waals surface area contributed by atoms with Gasteiger partial charge in [0.25, 0.3) is 0 Å². The first kappa shape index (κ1) is 14.9. The minimum absolute atomic E-state index is 0.595. The molecule has 22 heavy (non-hydrogen) atoms. The van der Waals surface area contributed by atoms with Crippen molar-refractivity contribution in [1.29, 1.82) is 0 Å². The van der Waals surface area contributed by atoms with Gasteiger partial charge in [-0.25, -0.2) is 0 Å². The summed E-state index contributed by atoms with van der Waals surface area (Å²) in [5.41, 5.74) is 2.88. The lowest BCUT2D eigenvalue weighted by molar-refractivity contribution is 0.0317. The van der Waals surface area contributed by atoms with Crippen LogP contribution in [0.5, 0.6) is 5.88 Å². The highest BCUT2D eigenvalue weighted by molar-refractivity contribution is 5.64. The first-order chi connectivity index (χ1) is 10.8. The third kappa shape index (κ3) is 3.23. The van der Waals surface area contributed by atoms with Gasteiger partial charge in [0.2, 0.25) is 5.88 Å². The van der Waals surface area contributed by atoms with E-state index in [9.17, 15) is 0 Å². The molecule has 1 aliphatic heterocycles. The van der Waals surface area contributed by atoms with E-state index in [-0.39, 0.29) is 0 Å². The topological polar surface area (TPSA) is 65.5 Å². The van der Waals surface area contributed by atoms with Crippen LogP contribution in [0.25, 0.3) is 11.3 Å². The van der Waals surface area contributed by atoms with E-state index >= 15 is 0 Å². The van der Waals surface area contributed by atoms with E-state index in [2.05, 4.69) is 10.00 Å². The Morgan fingerprint density at radius 1 is 1.23 bits per heavy atom. The molecular formula is C16H22N4O2. The Balaban J connectivity index is 1.65. The van der Waals surface area contributed by atoms with Gasteiger partial charge in [0.05, 0.1) is 13.2 Å². The number of benzene rings is 1. The van der Waals surface area contributed by atoms with Gasteiger partial charge in [0.1, 0.15) is 12.3 Å². The first-order valence-electron chi connectivity index (χ1n) is 7.58. The van der Waals surface area contributed by atoms with Crippen molar-refractivity contribution in [1.82, 2.24) is 14.8 Å². The van der Waals surface area contributed by atoms with Crippen LogP contribution < -0.4 is 10.6 Å². The molecule has 1 aromatic heterocycles. The van der Waals surface area contributed by atoms with Gasteiger partial charge < -0.3 is 15.3 Å². The molecule has 118 valence electrons. The van der Waals surface area contributed by atoms with Crippen LogP contribution in [0.4, 0.5) is 0 Å². The fraction of sp³-hybridized carbons (Fsp3) is 0.438. The van der Waals surface area contributed by atoms with Gasteiger partial charge in [-0.2, -0.15) is 0 Å². The van der Waals surface area contributed by atoms with Crippen LogP contribution in [0.2, 0.25) is 0 Å². The van der Waals surface area contributed by atoms with Crippen molar-refractivity contribution >= 4 is 0 Å². The van der Waals surface area contributed by atoms with Crippen LogP contribution in [0.15, 0.2) is 30.3 Å². The Bertz CT molecular complexity index is 606. The summed E-state index contributed by atoms with van der Waals surface area (Å²) in [7, 11) is 0. The molecule has 1 saturated heterocycles. The van der Waals surface area contributed by atoms with Crippen molar-refractivity contribution in [3.63, 3.8) is 0 Å². The number of rotatable bonds is 5. The normalized spacial score (nSPS) is 15.9. The van der Waals surface area contributed by atoms with Crippen molar-refractivity contribution in [3.05, 3.63) is 35.9 Å². The number of morpholine rings is 1. The van der Waals surface area contributed by atoms with E-state index in [1.165, 1.54) is 4.79 Å². The maximum absolute atomic E-state index is 5.95. The van der Waals surface area contributed by atoms with Gasteiger partial charge >= 0.3 is 0 Å². The molecule has 2 N–H and O–H groups in total. The van der Waals surface area contributed by atoms with Crippen LogP contribution in [0.3, 0.4) is 0 Å². The molecule has 0 bridgehead atoms. The fourth-order valence-corrected chi connectivity index (χ4v) is 2.64. The van der Waals surface area contributed by atoms with Crippen molar-refractivity contribution < 1.29 is 9.47 Å². The van der Waals surface area contributed by atoms with E-state index in [1.807, 2.05) is 37.3 Å². The molecule has 0 saturated carbocycles. The summed E-state index contributed by atoms with van der Waals surface area (Å²) < 4.78 is 11.2. The number of hydrogen-bond donors (Lipinski definition) is 1. The SMILES string of the molecule is Cc1c(-c2ccccc2)nn(N)c1OCCN1CCOCC1. The second kappa shape index (κ2) is 6.81. The number of aromatic nitrogens is 2. The predicted octanol–water partition coefficient (Wildman–Crippen LogP) is 1.28. The number of nitrogens with two attached hydrogens (primary N) is 1. The van der Waals surface area contributed by atoms with E-state index in [0.717, 1.165) is 49.7 Å². The van der Waals surface area contributed by atoms with Crippen LogP contribution in [-0.2, 0) is 4.74 Å². The lowest BCUT2D eigenvalue weighted by Gasteiger charge is -2.26. The summed E-state index contributed by atoms with van der Waals surface area (Å²) in [6.45, 7) is 6.96. The first-order valence-corrected chi connectivity index (χ1v) is 7.58. The lowest BCUT2D eigenvalue weighted by atomic mass is 10.1. The van der Waals surface area contributed by atoms with Crippen LogP contribution in [-0.4, -0.2) is 54.2 Å². The molecule has 1 fully saturated rings. The number of nitrogens with zero attached hydrogens (tertiary/aromatic N) is 3. The van der Waals surface area contributed by atoms with E-state index in [0.29, 0.717) is 12.5 Å². The van der Waals surface area contributed by atoms with Gasteiger partial charge in [0, 0.05) is 30.8 Å². The largest absolute Gasteiger partial charge is 0.475 e. The van der Waals surface area contributed by atoms with E-state index < -0.39 is 0 Å². The molecular weight excluding hydrogens is 280 g/mol. The van der Waals surface area contributed by atoms with Gasteiger partial charge in [-0.1, -0.05) is 30.3 Å². The second-order valence-electron chi connectivity index (χ2n) is 5.39. The molecule has 2 aromatic rings. The number of nitrogen functional groups attached to an aromatic ring is 1. The van der Waals surface area contributed by atoms with Gasteiger partial charge in [-0.3, -0.25) is 4.90 Å². The lowest BCUT2D eigenvalue weighted by Crippen LogP contribution is -2.38. The standard InChI is InChI=1S/C16H22N4O2/c1-13-15(14-5-3-2-4-6-14)18-20(17)16(13)22-12-9-19-7-10-21-11-8-19/h2-6H,7-12,17H2,1H3. The molecule has 0 atom stereocenters. The smallest absolute Gasteiger partial charge is 0.235 e. The summed E-state index contributed by atoms with van der Waals surface area (Å²) in [5.74, 6) is 6.58. The van der Waals surface area contributed by atoms with Crippen molar-refractivity contribution in [2.45, 2.75) is 6.92 Å². The molecule has 0 radical (unpaired) electrons. The maximum atomic E-state index is 5.95. The van der Waals surface area contributed by atoms with Crippen LogP contribution in [0.1, 0.15) is 5.56 Å². The molecule has 3 rings (SSSR count). The zero-order valence-corrected chi connectivity index (χ0v) is 12.9. The minimum atomic E-state index is 0.595. The Hall–Kier alpha value is -2.05. The molecule has 2 heterocycles. The summed E-state index contributed by atoms with van der Waals surface area (Å²) >= 11 is 0. The van der Waals surface area contributed by atoms with E-state index in [1.54, 1.807) is 0 Å². The molecule has 0 unspecified atom stereocenters. The third-order valence-corrected chi connectivity index (χ3v) is 3.89. The Morgan fingerprint density at radius 2 is 1.95 bits per heavy atom. The highest BCUT2D eigenvalue weighted by atomic mass is 16.5. The summed E-state index contributed by atoms with van der Waals surface area (Å²) in [6, 6.07) is 10.0. The quantitative estimate of drug-likeness (QED) is 0.843. The van der Waals surface area contributed by atoms with Crippen molar-refractivity contribution in [2.75, 3.05) is 45.3 Å². The molecule has 1 aromatic carbocycles. The predicted molar refractivity (Wildman–Crippen MR) is 85.3 cm³/mol. The Morgan fingerprint density at radius 3 is 2.68 bits per heavy atom. The maximum Gasteiger partial charge on any atom is 0.235 e. The third-order valence-electron chi connectivity index (χ3n) is 3.89. The monoisotopic (exact) mass is 302 g/mol. The van der Waals surface area contributed by atoms with Crippen LogP contribution in [0, 0.1) is 6.92 Å². The summed E-state index contributed by atoms with van der Waals surface area (Å²) in [5, 5.41) is 4.38. The molecule has 0 spiro atoms. The van der Waals surface area contributed by atoms with Gasteiger partial charge in [-0.15, -0.1) is 9.89 Å². The number of ether oxygens (including phenoxy) is 2. The fourth-order valence-electron chi connectivity index (χ4n) is 2.64. The zero-order chi connectivity index (χ0) is 15.4. The Labute approximate surface area is 130 Å². The van der Waals surface area contributed by atoms with E-state index in [4.69, 9.17) is 15.3 Å². The molecule has 6 heteroatoms. The van der Waals surface area contributed by atoms with Gasteiger partial charge in [-0.05, 0) is 6.92 Å². The Kier molecular flexibility index (Phi) is 4.60. The highest BCUT2D eigenvalue weighted by Crippen LogP contribution is 2.28. The molecule has 1 aliphatic rings. The average molecular weight is 302 g/mol. The highest BCUT2D eigenvalue weighted by Gasteiger charge is 2.16. The summed E-state index contributed by atoms with van der Waals surface area (Å²) in [6.07, 6.45) is 0. The summed E-state index contributed by atoms with van der Waals surface area (Å²) in [4.78, 5) is 3.66. The molecule has 0 aliphatic carbocycles. The second-order valence-corrected chi connectivity index (χ2v) is 5.39.